The highest BCUT2D eigenvalue weighted by atomic mass is 35.5. The molecule has 19 heavy (non-hydrogen) atoms. The van der Waals surface area contributed by atoms with Crippen molar-refractivity contribution in [3.05, 3.63) is 0 Å². The standard InChI is InChI=1S/C17H35N.ClH/c1-3-4-5-6-7-8-9-10-11-14-17-15-12-13-16(2)18-17;/h16-18H,3-15H2,1-2H3;1H/t16-,17+;/m1./s1. The Bertz CT molecular complexity index is 184. The van der Waals surface area contributed by atoms with Crippen LogP contribution in [0.1, 0.15) is 97.3 Å². The van der Waals surface area contributed by atoms with Crippen molar-refractivity contribution in [1.82, 2.24) is 0 Å². The highest BCUT2D eigenvalue weighted by molar-refractivity contribution is 4.63. The van der Waals surface area contributed by atoms with Gasteiger partial charge in [-0.05, 0) is 39.0 Å². The number of halogens is 1. The van der Waals surface area contributed by atoms with E-state index < -0.39 is 0 Å². The summed E-state index contributed by atoms with van der Waals surface area (Å²) >= 11 is 0. The van der Waals surface area contributed by atoms with Crippen LogP contribution in [0, 0.1) is 0 Å². The van der Waals surface area contributed by atoms with Crippen LogP contribution in [0.5, 0.6) is 0 Å². The average Bonchev–Trinajstić information content (AvgIpc) is 2.37. The van der Waals surface area contributed by atoms with Crippen molar-refractivity contribution in [2.24, 2.45) is 0 Å². The van der Waals surface area contributed by atoms with E-state index in [1.165, 1.54) is 83.5 Å². The molecule has 1 aliphatic rings. The van der Waals surface area contributed by atoms with E-state index >= 15 is 0 Å². The quantitative estimate of drug-likeness (QED) is 0.586. The van der Waals surface area contributed by atoms with Crippen molar-refractivity contribution < 1.29 is 17.7 Å². The first-order valence-corrected chi connectivity index (χ1v) is 8.68. The SMILES string of the molecule is CCCCCCCCCCC[C@H]1CCC[C@@H](C)[NH2+]1.[Cl-]. The van der Waals surface area contributed by atoms with Gasteiger partial charge in [-0.25, -0.2) is 0 Å². The van der Waals surface area contributed by atoms with Crippen molar-refractivity contribution >= 4 is 0 Å². The minimum Gasteiger partial charge on any atom is -1.00 e. The number of hydrogen-bond acceptors (Lipinski definition) is 0. The van der Waals surface area contributed by atoms with Gasteiger partial charge in [-0.1, -0.05) is 58.3 Å². The van der Waals surface area contributed by atoms with E-state index in [1.807, 2.05) is 0 Å². The first-order valence-electron chi connectivity index (χ1n) is 8.68. The van der Waals surface area contributed by atoms with Gasteiger partial charge in [-0.15, -0.1) is 0 Å². The predicted octanol–water partition coefficient (Wildman–Crippen LogP) is 1.42. The second kappa shape index (κ2) is 13.2. The third kappa shape index (κ3) is 10.7. The van der Waals surface area contributed by atoms with E-state index in [9.17, 15) is 0 Å². The molecule has 0 aromatic carbocycles. The summed E-state index contributed by atoms with van der Waals surface area (Å²) < 4.78 is 0. The van der Waals surface area contributed by atoms with Crippen molar-refractivity contribution in [3.63, 3.8) is 0 Å². The highest BCUT2D eigenvalue weighted by Crippen LogP contribution is 2.14. The summed E-state index contributed by atoms with van der Waals surface area (Å²) in [6, 6.07) is 1.85. The van der Waals surface area contributed by atoms with E-state index in [0.717, 1.165) is 12.1 Å². The van der Waals surface area contributed by atoms with Gasteiger partial charge in [-0.3, -0.25) is 0 Å². The Kier molecular flexibility index (Phi) is 13.4. The molecule has 1 saturated heterocycles. The molecule has 2 heteroatoms. The normalized spacial score (nSPS) is 23.1. The molecule has 0 aromatic rings. The summed E-state index contributed by atoms with van der Waals surface area (Å²) in [6.07, 6.45) is 19.0. The molecule has 2 N–H and O–H groups in total. The molecular weight excluding hydrogens is 254 g/mol. The number of hydrogen-bond donors (Lipinski definition) is 1. The van der Waals surface area contributed by atoms with Crippen molar-refractivity contribution in [2.45, 2.75) is 109 Å². The maximum atomic E-state index is 2.63. The number of piperidine rings is 1. The van der Waals surface area contributed by atoms with Crippen LogP contribution in [0.15, 0.2) is 0 Å². The van der Waals surface area contributed by atoms with Crippen molar-refractivity contribution in [1.29, 1.82) is 0 Å². The van der Waals surface area contributed by atoms with Gasteiger partial charge in [0.05, 0.1) is 12.1 Å². The van der Waals surface area contributed by atoms with Crippen LogP contribution in [0.4, 0.5) is 0 Å². The Labute approximate surface area is 127 Å². The summed E-state index contributed by atoms with van der Waals surface area (Å²) in [7, 11) is 0. The average molecular weight is 290 g/mol. The van der Waals surface area contributed by atoms with Gasteiger partial charge >= 0.3 is 0 Å². The third-order valence-corrected chi connectivity index (χ3v) is 4.51. The zero-order valence-corrected chi connectivity index (χ0v) is 14.1. The monoisotopic (exact) mass is 289 g/mol. The van der Waals surface area contributed by atoms with E-state index in [2.05, 4.69) is 19.2 Å². The minimum atomic E-state index is 0. The van der Waals surface area contributed by atoms with Crippen molar-refractivity contribution in [3.8, 4) is 0 Å². The van der Waals surface area contributed by atoms with Gasteiger partial charge in [0.15, 0.2) is 0 Å². The summed E-state index contributed by atoms with van der Waals surface area (Å²) in [5, 5.41) is 2.63. The molecule has 0 unspecified atom stereocenters. The molecule has 0 saturated carbocycles. The van der Waals surface area contributed by atoms with Crippen LogP contribution in [0.2, 0.25) is 0 Å². The Morgan fingerprint density at radius 3 is 2.00 bits per heavy atom. The summed E-state index contributed by atoms with van der Waals surface area (Å²) in [4.78, 5) is 0. The van der Waals surface area contributed by atoms with E-state index in [4.69, 9.17) is 0 Å². The fourth-order valence-corrected chi connectivity index (χ4v) is 3.32. The first kappa shape index (κ1) is 19.2. The van der Waals surface area contributed by atoms with Crippen LogP contribution in [-0.4, -0.2) is 12.1 Å². The zero-order chi connectivity index (χ0) is 13.1. The number of rotatable bonds is 10. The van der Waals surface area contributed by atoms with Gasteiger partial charge in [0.2, 0.25) is 0 Å². The fraction of sp³-hybridized carbons (Fsp3) is 1.00. The zero-order valence-electron chi connectivity index (χ0n) is 13.3. The fourth-order valence-electron chi connectivity index (χ4n) is 3.32. The second-order valence-electron chi connectivity index (χ2n) is 6.48. The minimum absolute atomic E-state index is 0. The van der Waals surface area contributed by atoms with Gasteiger partial charge in [0.1, 0.15) is 0 Å². The molecule has 1 rings (SSSR count). The van der Waals surface area contributed by atoms with Crippen LogP contribution in [-0.2, 0) is 0 Å². The lowest BCUT2D eigenvalue weighted by molar-refractivity contribution is -0.727. The van der Waals surface area contributed by atoms with Crippen LogP contribution in [0.25, 0.3) is 0 Å². The van der Waals surface area contributed by atoms with E-state index in [-0.39, 0.29) is 12.4 Å². The lowest BCUT2D eigenvalue weighted by atomic mass is 9.95. The Morgan fingerprint density at radius 2 is 1.42 bits per heavy atom. The molecule has 1 heterocycles. The Hall–Kier alpha value is 0.250. The number of unbranched alkanes of at least 4 members (excludes halogenated alkanes) is 8. The summed E-state index contributed by atoms with van der Waals surface area (Å²) in [5.41, 5.74) is 0. The number of nitrogens with two attached hydrogens (primary N) is 1. The molecule has 0 spiro atoms. The Morgan fingerprint density at radius 1 is 0.842 bits per heavy atom. The lowest BCUT2D eigenvalue weighted by Gasteiger charge is -2.25. The third-order valence-electron chi connectivity index (χ3n) is 4.51. The Balaban J connectivity index is 0.00000324. The molecule has 0 radical (unpaired) electrons. The first-order chi connectivity index (χ1) is 8.83. The summed E-state index contributed by atoms with van der Waals surface area (Å²) in [6.45, 7) is 4.69. The van der Waals surface area contributed by atoms with Gasteiger partial charge < -0.3 is 17.7 Å². The molecular formula is C17H36ClN. The molecule has 0 aliphatic carbocycles. The molecule has 0 aromatic heterocycles. The molecule has 1 aliphatic heterocycles. The smallest absolute Gasteiger partial charge is 0.0861 e. The molecule has 1 fully saturated rings. The lowest BCUT2D eigenvalue weighted by Crippen LogP contribution is -3.00. The van der Waals surface area contributed by atoms with Crippen LogP contribution < -0.4 is 17.7 Å². The molecule has 0 bridgehead atoms. The largest absolute Gasteiger partial charge is 1.00 e. The molecule has 116 valence electrons. The van der Waals surface area contributed by atoms with Gasteiger partial charge in [0.25, 0.3) is 0 Å². The topological polar surface area (TPSA) is 16.6 Å². The predicted molar refractivity (Wildman–Crippen MR) is 80.9 cm³/mol. The van der Waals surface area contributed by atoms with Crippen LogP contribution in [0.3, 0.4) is 0 Å². The second-order valence-corrected chi connectivity index (χ2v) is 6.48. The summed E-state index contributed by atoms with van der Waals surface area (Å²) in [5.74, 6) is 0. The molecule has 2 atom stereocenters. The highest BCUT2D eigenvalue weighted by Gasteiger charge is 2.20. The number of quaternary nitrogens is 1. The van der Waals surface area contributed by atoms with E-state index in [1.54, 1.807) is 0 Å². The van der Waals surface area contributed by atoms with Crippen molar-refractivity contribution in [2.75, 3.05) is 0 Å². The van der Waals surface area contributed by atoms with Gasteiger partial charge in [-0.2, -0.15) is 0 Å². The van der Waals surface area contributed by atoms with E-state index in [0.29, 0.717) is 0 Å². The molecule has 0 amide bonds. The maximum Gasteiger partial charge on any atom is 0.0861 e. The van der Waals surface area contributed by atoms with Crippen LogP contribution >= 0.6 is 0 Å². The molecule has 1 nitrogen and oxygen atoms in total. The maximum absolute atomic E-state index is 2.63. The van der Waals surface area contributed by atoms with Gasteiger partial charge in [0, 0.05) is 0 Å².